The van der Waals surface area contributed by atoms with Crippen molar-refractivity contribution in [3.8, 4) is 0 Å². The van der Waals surface area contributed by atoms with Crippen LogP contribution >= 0.6 is 11.3 Å². The van der Waals surface area contributed by atoms with Gasteiger partial charge in [0.05, 0.1) is 0 Å². The van der Waals surface area contributed by atoms with Crippen LogP contribution in [0.25, 0.3) is 0 Å². The largest absolute Gasteiger partial charge is 0.352 e. The van der Waals surface area contributed by atoms with Crippen LogP contribution in [0, 0.1) is 23.2 Å². The van der Waals surface area contributed by atoms with E-state index in [9.17, 15) is 9.59 Å². The topological polar surface area (TPSA) is 84.0 Å². The highest BCUT2D eigenvalue weighted by Crippen LogP contribution is 2.60. The first-order valence-corrected chi connectivity index (χ1v) is 10.9. The van der Waals surface area contributed by atoms with Crippen molar-refractivity contribution in [3.63, 3.8) is 0 Å². The minimum atomic E-state index is -0.207. The summed E-state index contributed by atoms with van der Waals surface area (Å²) in [6.07, 6.45) is 7.26. The molecule has 4 bridgehead atoms. The zero-order valence-electron chi connectivity index (χ0n) is 15.7. The van der Waals surface area contributed by atoms with Gasteiger partial charge in [0, 0.05) is 17.5 Å². The fourth-order valence-corrected chi connectivity index (χ4v) is 6.37. The lowest BCUT2D eigenvalue weighted by Gasteiger charge is -2.55. The highest BCUT2D eigenvalue weighted by Gasteiger charge is 2.54. The van der Waals surface area contributed by atoms with E-state index < -0.39 is 0 Å². The number of carbonyl (C=O) groups is 2. The minimum absolute atomic E-state index is 0.115. The van der Waals surface area contributed by atoms with Gasteiger partial charge in [0.25, 0.3) is 5.91 Å². The van der Waals surface area contributed by atoms with E-state index in [4.69, 9.17) is 0 Å². The molecule has 4 saturated carbocycles. The molecular weight excluding hydrogens is 372 g/mol. The summed E-state index contributed by atoms with van der Waals surface area (Å²) in [7, 11) is 0. The van der Waals surface area contributed by atoms with Crippen LogP contribution in [-0.2, 0) is 11.3 Å². The Morgan fingerprint density at radius 3 is 2.25 bits per heavy atom. The van der Waals surface area contributed by atoms with Crippen LogP contribution in [0.5, 0.6) is 0 Å². The van der Waals surface area contributed by atoms with Crippen LogP contribution in [0.3, 0.4) is 0 Å². The maximum atomic E-state index is 13.0. The van der Waals surface area contributed by atoms with Crippen molar-refractivity contribution in [3.05, 3.63) is 40.9 Å². The van der Waals surface area contributed by atoms with E-state index in [1.54, 1.807) is 17.6 Å². The van der Waals surface area contributed by atoms with E-state index in [0.717, 1.165) is 42.6 Å². The monoisotopic (exact) mass is 396 g/mol. The molecule has 28 heavy (non-hydrogen) atoms. The quantitative estimate of drug-likeness (QED) is 0.808. The number of aromatic nitrogens is 2. The molecule has 2 aromatic rings. The highest BCUT2D eigenvalue weighted by atomic mass is 32.1. The van der Waals surface area contributed by atoms with Gasteiger partial charge < -0.3 is 5.32 Å². The van der Waals surface area contributed by atoms with Gasteiger partial charge >= 0.3 is 0 Å². The fourth-order valence-electron chi connectivity index (χ4n) is 5.93. The van der Waals surface area contributed by atoms with E-state index in [1.807, 2.05) is 12.1 Å². The van der Waals surface area contributed by atoms with Crippen molar-refractivity contribution >= 4 is 28.3 Å². The number of rotatable bonds is 5. The molecule has 6 nitrogen and oxygen atoms in total. The number of hydrogen-bond acceptors (Lipinski definition) is 5. The zero-order valence-corrected chi connectivity index (χ0v) is 16.5. The third-order valence-electron chi connectivity index (χ3n) is 6.77. The van der Waals surface area contributed by atoms with E-state index in [0.29, 0.717) is 17.2 Å². The maximum Gasteiger partial charge on any atom is 0.257 e. The molecular formula is C21H24N4O2S. The van der Waals surface area contributed by atoms with Gasteiger partial charge in [-0.2, -0.15) is 0 Å². The number of anilines is 1. The lowest BCUT2D eigenvalue weighted by molar-refractivity contribution is -0.146. The summed E-state index contributed by atoms with van der Waals surface area (Å²) in [5, 5.41) is 13.9. The second-order valence-electron chi connectivity index (χ2n) is 8.78. The summed E-state index contributed by atoms with van der Waals surface area (Å²) >= 11 is 1.28. The van der Waals surface area contributed by atoms with Crippen molar-refractivity contribution in [2.24, 2.45) is 23.2 Å². The Labute approximate surface area is 168 Å². The Morgan fingerprint density at radius 1 is 1.04 bits per heavy atom. The van der Waals surface area contributed by atoms with Crippen molar-refractivity contribution in [1.29, 1.82) is 0 Å². The molecule has 0 aliphatic heterocycles. The number of benzene rings is 1. The molecule has 146 valence electrons. The van der Waals surface area contributed by atoms with E-state index >= 15 is 0 Å². The van der Waals surface area contributed by atoms with Crippen molar-refractivity contribution in [1.82, 2.24) is 15.5 Å². The lowest BCUT2D eigenvalue weighted by atomic mass is 9.49. The Kier molecular flexibility index (Phi) is 4.42. The van der Waals surface area contributed by atoms with Gasteiger partial charge in [0.2, 0.25) is 11.0 Å². The lowest BCUT2D eigenvalue weighted by Crippen LogP contribution is -2.53. The second kappa shape index (κ2) is 6.95. The number of nitrogens with zero attached hydrogens (tertiary/aromatic N) is 2. The number of nitrogens with one attached hydrogen (secondary N) is 2. The molecule has 4 fully saturated rings. The Morgan fingerprint density at radius 2 is 1.68 bits per heavy atom. The van der Waals surface area contributed by atoms with E-state index in [2.05, 4.69) is 20.8 Å². The predicted molar refractivity (Wildman–Crippen MR) is 107 cm³/mol. The first-order valence-electron chi connectivity index (χ1n) is 10.0. The van der Waals surface area contributed by atoms with Crippen LogP contribution in [-0.4, -0.2) is 22.0 Å². The molecule has 7 heteroatoms. The van der Waals surface area contributed by atoms with E-state index in [1.165, 1.54) is 30.6 Å². The van der Waals surface area contributed by atoms with Gasteiger partial charge in [0.1, 0.15) is 5.51 Å². The van der Waals surface area contributed by atoms with Crippen molar-refractivity contribution in [2.75, 3.05) is 5.32 Å². The van der Waals surface area contributed by atoms with Crippen LogP contribution in [0.1, 0.15) is 54.4 Å². The molecule has 2 amide bonds. The molecule has 0 atom stereocenters. The SMILES string of the molecule is O=C(Nc1nncs1)c1ccc(CNC(=O)C23CC4CC(CC(C4)C2)C3)cc1. The standard InChI is InChI=1S/C21H24N4O2S/c26-18(24-20-25-23-12-28-20)17-3-1-13(2-4-17)11-22-19(27)21-8-14-5-15(9-21)7-16(6-14)10-21/h1-4,12,14-16H,5-11H2,(H,22,27)(H,24,25,26). The average molecular weight is 397 g/mol. The molecule has 0 unspecified atom stereocenters. The molecule has 6 rings (SSSR count). The van der Waals surface area contributed by atoms with Gasteiger partial charge in [-0.1, -0.05) is 23.5 Å². The smallest absolute Gasteiger partial charge is 0.257 e. The average Bonchev–Trinajstić information content (AvgIpc) is 3.18. The van der Waals surface area contributed by atoms with Gasteiger partial charge in [-0.25, -0.2) is 0 Å². The number of amides is 2. The molecule has 4 aliphatic carbocycles. The van der Waals surface area contributed by atoms with Gasteiger partial charge in [-0.05, 0) is 74.0 Å². The Balaban J connectivity index is 1.19. The first-order chi connectivity index (χ1) is 13.6. The van der Waals surface area contributed by atoms with Gasteiger partial charge in [0.15, 0.2) is 0 Å². The third-order valence-corrected chi connectivity index (χ3v) is 7.38. The van der Waals surface area contributed by atoms with Crippen LogP contribution in [0.15, 0.2) is 29.8 Å². The minimum Gasteiger partial charge on any atom is -0.352 e. The summed E-state index contributed by atoms with van der Waals surface area (Å²) in [6.45, 7) is 0.513. The van der Waals surface area contributed by atoms with Gasteiger partial charge in [-0.3, -0.25) is 14.9 Å². The molecule has 1 heterocycles. The maximum absolute atomic E-state index is 13.0. The number of hydrogen-bond donors (Lipinski definition) is 2. The van der Waals surface area contributed by atoms with Crippen LogP contribution < -0.4 is 10.6 Å². The second-order valence-corrected chi connectivity index (χ2v) is 9.61. The Hall–Kier alpha value is -2.28. The normalized spacial score (nSPS) is 30.2. The first kappa shape index (κ1) is 17.8. The molecule has 0 spiro atoms. The van der Waals surface area contributed by atoms with Crippen LogP contribution in [0.2, 0.25) is 0 Å². The highest BCUT2D eigenvalue weighted by molar-refractivity contribution is 7.13. The molecule has 1 aromatic carbocycles. The molecule has 0 saturated heterocycles. The van der Waals surface area contributed by atoms with E-state index in [-0.39, 0.29) is 17.2 Å². The molecule has 4 aliphatic rings. The molecule has 0 radical (unpaired) electrons. The fraction of sp³-hybridized carbons (Fsp3) is 0.524. The summed E-state index contributed by atoms with van der Waals surface area (Å²) in [6, 6.07) is 7.36. The summed E-state index contributed by atoms with van der Waals surface area (Å²) < 4.78 is 0. The van der Waals surface area contributed by atoms with Crippen LogP contribution in [0.4, 0.5) is 5.13 Å². The molecule has 2 N–H and O–H groups in total. The third kappa shape index (κ3) is 3.32. The van der Waals surface area contributed by atoms with Crippen molar-refractivity contribution in [2.45, 2.75) is 45.1 Å². The number of carbonyl (C=O) groups excluding carboxylic acids is 2. The summed E-state index contributed by atoms with van der Waals surface area (Å²) in [5.74, 6) is 2.33. The summed E-state index contributed by atoms with van der Waals surface area (Å²) in [4.78, 5) is 25.2. The predicted octanol–water partition coefficient (Wildman–Crippen LogP) is 3.62. The Bertz CT molecular complexity index is 843. The van der Waals surface area contributed by atoms with Gasteiger partial charge in [-0.15, -0.1) is 10.2 Å². The van der Waals surface area contributed by atoms with Crippen molar-refractivity contribution < 1.29 is 9.59 Å². The molecule has 1 aromatic heterocycles. The zero-order chi connectivity index (χ0) is 19.1. The summed E-state index contributed by atoms with van der Waals surface area (Å²) in [5.41, 5.74) is 3.03.